The molecule has 0 saturated carbocycles. The van der Waals surface area contributed by atoms with E-state index < -0.39 is 5.91 Å². The van der Waals surface area contributed by atoms with Crippen LogP contribution in [0.25, 0.3) is 6.08 Å². The maximum Gasteiger partial charge on any atom is 0.266 e. The Bertz CT molecular complexity index is 864. The zero-order valence-corrected chi connectivity index (χ0v) is 13.4. The van der Waals surface area contributed by atoms with Gasteiger partial charge >= 0.3 is 0 Å². The summed E-state index contributed by atoms with van der Waals surface area (Å²) in [6.07, 6.45) is 4.99. The minimum atomic E-state index is -0.475. The Balaban J connectivity index is 1.69. The molecule has 124 valence electrons. The zero-order valence-electron chi connectivity index (χ0n) is 13.4. The number of carbonyl (C=O) groups is 1. The van der Waals surface area contributed by atoms with E-state index in [1.807, 2.05) is 42.5 Å². The molecule has 5 nitrogen and oxygen atoms in total. The first-order valence-electron chi connectivity index (χ1n) is 7.81. The summed E-state index contributed by atoms with van der Waals surface area (Å²) in [5, 5.41) is 11.9. The number of allylic oxidation sites excluding steroid dienone is 2. The molecule has 1 aliphatic heterocycles. The molecule has 0 saturated heterocycles. The second-order valence-corrected chi connectivity index (χ2v) is 5.27. The fourth-order valence-electron chi connectivity index (χ4n) is 2.30. The maximum absolute atomic E-state index is 12.2. The average Bonchev–Trinajstić information content (AvgIpc) is 2.66. The third-order valence-corrected chi connectivity index (χ3v) is 3.52. The van der Waals surface area contributed by atoms with Crippen molar-refractivity contribution in [2.45, 2.75) is 0 Å². The average molecular weight is 332 g/mol. The van der Waals surface area contributed by atoms with Gasteiger partial charge in [0.25, 0.3) is 5.91 Å². The van der Waals surface area contributed by atoms with Crippen LogP contribution in [0.1, 0.15) is 5.56 Å². The molecule has 0 bridgehead atoms. The van der Waals surface area contributed by atoms with Gasteiger partial charge in [-0.15, -0.1) is 0 Å². The summed E-state index contributed by atoms with van der Waals surface area (Å²) >= 11 is 0. The lowest BCUT2D eigenvalue weighted by Gasteiger charge is -2.18. The molecule has 1 heterocycles. The summed E-state index contributed by atoms with van der Waals surface area (Å²) in [5.74, 6) is 0.749. The van der Waals surface area contributed by atoms with Gasteiger partial charge in [0.15, 0.2) is 11.5 Å². The van der Waals surface area contributed by atoms with Crippen molar-refractivity contribution in [3.05, 3.63) is 71.8 Å². The highest BCUT2D eigenvalue weighted by Crippen LogP contribution is 2.32. The van der Waals surface area contributed by atoms with Crippen molar-refractivity contribution in [3.8, 4) is 17.6 Å². The van der Waals surface area contributed by atoms with Gasteiger partial charge < -0.3 is 14.8 Å². The molecule has 0 fully saturated rings. The Kier molecular flexibility index (Phi) is 5.13. The van der Waals surface area contributed by atoms with Crippen molar-refractivity contribution in [1.29, 1.82) is 5.26 Å². The highest BCUT2D eigenvalue weighted by atomic mass is 16.6. The number of hydrogen-bond donors (Lipinski definition) is 1. The van der Waals surface area contributed by atoms with Crippen LogP contribution in [0.15, 0.2) is 66.3 Å². The Morgan fingerprint density at radius 3 is 2.60 bits per heavy atom. The normalized spacial score (nSPS) is 13.3. The molecule has 2 aromatic rings. The number of fused-ring (bicyclic) bond motifs is 1. The van der Waals surface area contributed by atoms with Crippen LogP contribution >= 0.6 is 0 Å². The van der Waals surface area contributed by atoms with E-state index in [1.165, 1.54) is 6.08 Å². The number of benzene rings is 2. The molecule has 1 aliphatic rings. The molecule has 2 aromatic carbocycles. The number of amides is 1. The lowest BCUT2D eigenvalue weighted by atomic mass is 10.2. The minimum Gasteiger partial charge on any atom is -0.486 e. The number of nitriles is 1. The van der Waals surface area contributed by atoms with Crippen molar-refractivity contribution in [3.63, 3.8) is 0 Å². The van der Waals surface area contributed by atoms with E-state index in [4.69, 9.17) is 9.47 Å². The van der Waals surface area contributed by atoms with Gasteiger partial charge in [0, 0.05) is 11.8 Å². The van der Waals surface area contributed by atoms with Gasteiger partial charge in [-0.25, -0.2) is 0 Å². The highest BCUT2D eigenvalue weighted by Gasteiger charge is 2.14. The number of hydrogen-bond acceptors (Lipinski definition) is 4. The lowest BCUT2D eigenvalue weighted by molar-refractivity contribution is -0.112. The van der Waals surface area contributed by atoms with Gasteiger partial charge in [0.2, 0.25) is 0 Å². The molecule has 0 atom stereocenters. The summed E-state index contributed by atoms with van der Waals surface area (Å²) < 4.78 is 10.9. The molecule has 5 heteroatoms. The van der Waals surface area contributed by atoms with Crippen LogP contribution in [0.4, 0.5) is 5.69 Å². The first-order chi connectivity index (χ1) is 12.3. The highest BCUT2D eigenvalue weighted by molar-refractivity contribution is 6.06. The Labute approximate surface area is 145 Å². The fourth-order valence-corrected chi connectivity index (χ4v) is 2.30. The molecular weight excluding hydrogens is 316 g/mol. The van der Waals surface area contributed by atoms with Gasteiger partial charge in [-0.05, 0) is 23.8 Å². The molecule has 3 rings (SSSR count). The predicted octanol–water partition coefficient (Wildman–Crippen LogP) is 3.56. The van der Waals surface area contributed by atoms with Crippen LogP contribution in [0.3, 0.4) is 0 Å². The van der Waals surface area contributed by atoms with Gasteiger partial charge in [0.1, 0.15) is 24.9 Å². The largest absolute Gasteiger partial charge is 0.486 e. The van der Waals surface area contributed by atoms with Crippen LogP contribution in [-0.2, 0) is 4.79 Å². The maximum atomic E-state index is 12.2. The number of nitrogens with one attached hydrogen (secondary N) is 1. The molecule has 0 radical (unpaired) electrons. The summed E-state index contributed by atoms with van der Waals surface area (Å²) in [6.45, 7) is 0.978. The summed E-state index contributed by atoms with van der Waals surface area (Å²) in [5.41, 5.74) is 1.55. The van der Waals surface area contributed by atoms with Gasteiger partial charge in [-0.1, -0.05) is 42.5 Å². The fraction of sp³-hybridized carbons (Fsp3) is 0.100. The standard InChI is InChI=1S/C20H16N2O3/c21-14-16(8-4-7-15-5-2-1-3-6-15)20(23)22-17-9-10-18-19(13-17)25-12-11-24-18/h1-10,13H,11-12H2,(H,22,23). The number of anilines is 1. The Morgan fingerprint density at radius 1 is 1.08 bits per heavy atom. The van der Waals surface area contributed by atoms with Crippen molar-refractivity contribution in [1.82, 2.24) is 0 Å². The number of rotatable bonds is 4. The minimum absolute atomic E-state index is 0.0158. The first-order valence-corrected chi connectivity index (χ1v) is 7.81. The lowest BCUT2D eigenvalue weighted by Crippen LogP contribution is -2.17. The van der Waals surface area contributed by atoms with Gasteiger partial charge in [-0.3, -0.25) is 4.79 Å². The van der Waals surface area contributed by atoms with E-state index in [-0.39, 0.29) is 5.57 Å². The SMILES string of the molecule is N#CC(=CC=Cc1ccccc1)C(=O)Nc1ccc2c(c1)OCCO2. The van der Waals surface area contributed by atoms with E-state index in [0.29, 0.717) is 30.4 Å². The van der Waals surface area contributed by atoms with Crippen molar-refractivity contribution in [2.24, 2.45) is 0 Å². The summed E-state index contributed by atoms with van der Waals surface area (Å²) in [6, 6.07) is 16.7. The molecular formula is C20H16N2O3. The third-order valence-electron chi connectivity index (χ3n) is 3.52. The van der Waals surface area contributed by atoms with E-state index in [0.717, 1.165) is 5.56 Å². The second kappa shape index (κ2) is 7.84. The Morgan fingerprint density at radius 2 is 1.84 bits per heavy atom. The van der Waals surface area contributed by atoms with Crippen LogP contribution < -0.4 is 14.8 Å². The smallest absolute Gasteiger partial charge is 0.266 e. The molecule has 1 N–H and O–H groups in total. The van der Waals surface area contributed by atoms with Crippen molar-refractivity contribution >= 4 is 17.7 Å². The topological polar surface area (TPSA) is 71.4 Å². The quantitative estimate of drug-likeness (QED) is 0.528. The third kappa shape index (κ3) is 4.27. The van der Waals surface area contributed by atoms with E-state index in [1.54, 1.807) is 24.3 Å². The monoisotopic (exact) mass is 332 g/mol. The van der Waals surface area contributed by atoms with E-state index in [9.17, 15) is 10.1 Å². The second-order valence-electron chi connectivity index (χ2n) is 5.27. The molecule has 0 unspecified atom stereocenters. The predicted molar refractivity (Wildman–Crippen MR) is 95.2 cm³/mol. The van der Waals surface area contributed by atoms with Crippen LogP contribution in [0.5, 0.6) is 11.5 Å². The van der Waals surface area contributed by atoms with Gasteiger partial charge in [0.05, 0.1) is 0 Å². The van der Waals surface area contributed by atoms with E-state index in [2.05, 4.69) is 5.32 Å². The molecule has 1 amide bonds. The zero-order chi connectivity index (χ0) is 17.5. The van der Waals surface area contributed by atoms with E-state index >= 15 is 0 Å². The summed E-state index contributed by atoms with van der Waals surface area (Å²) in [4.78, 5) is 12.2. The van der Waals surface area contributed by atoms with Crippen molar-refractivity contribution < 1.29 is 14.3 Å². The summed E-state index contributed by atoms with van der Waals surface area (Å²) in [7, 11) is 0. The molecule has 0 aliphatic carbocycles. The van der Waals surface area contributed by atoms with Crippen molar-refractivity contribution in [2.75, 3.05) is 18.5 Å². The number of ether oxygens (including phenoxy) is 2. The van der Waals surface area contributed by atoms with Crippen LogP contribution in [0, 0.1) is 11.3 Å². The molecule has 25 heavy (non-hydrogen) atoms. The number of carbonyl (C=O) groups excluding carboxylic acids is 1. The van der Waals surface area contributed by atoms with Crippen LogP contribution in [0.2, 0.25) is 0 Å². The molecule has 0 aromatic heterocycles. The first kappa shape index (κ1) is 16.3. The number of nitrogens with zero attached hydrogens (tertiary/aromatic N) is 1. The van der Waals surface area contributed by atoms with Crippen LogP contribution in [-0.4, -0.2) is 19.1 Å². The Hall–Kier alpha value is -3.52. The van der Waals surface area contributed by atoms with Gasteiger partial charge in [-0.2, -0.15) is 5.26 Å². The molecule has 0 spiro atoms.